The number of aromatic amines is 1. The van der Waals surface area contributed by atoms with Crippen LogP contribution in [0.5, 0.6) is 5.75 Å². The average molecular weight is 349 g/mol. The van der Waals surface area contributed by atoms with Crippen molar-refractivity contribution in [1.29, 1.82) is 0 Å². The van der Waals surface area contributed by atoms with E-state index < -0.39 is 29.0 Å². The normalized spacial score (nSPS) is 25.1. The molecule has 0 saturated carbocycles. The van der Waals surface area contributed by atoms with Crippen LogP contribution in [0.15, 0.2) is 28.0 Å². The van der Waals surface area contributed by atoms with Crippen molar-refractivity contribution in [3.8, 4) is 5.75 Å². The first kappa shape index (κ1) is 14.5. The second-order valence-corrected chi connectivity index (χ2v) is 7.72. The third kappa shape index (κ3) is 2.13. The lowest BCUT2D eigenvalue weighted by Gasteiger charge is -2.37. The van der Waals surface area contributed by atoms with Gasteiger partial charge in [-0.1, -0.05) is 40.8 Å². The number of carboxylic acid groups (broad SMARTS) is 1. The predicted molar refractivity (Wildman–Crippen MR) is 84.4 cm³/mol. The van der Waals surface area contributed by atoms with Gasteiger partial charge in [0.15, 0.2) is 0 Å². The van der Waals surface area contributed by atoms with E-state index in [4.69, 9.17) is 4.74 Å². The van der Waals surface area contributed by atoms with Gasteiger partial charge in [0.25, 0.3) is 0 Å². The highest BCUT2D eigenvalue weighted by atomic mass is 32.2. The second-order valence-electron chi connectivity index (χ2n) is 5.55. The molecule has 3 atom stereocenters. The third-order valence-corrected chi connectivity index (χ3v) is 6.48. The van der Waals surface area contributed by atoms with Crippen LogP contribution in [0, 0.1) is 12.8 Å². The van der Waals surface area contributed by atoms with Crippen molar-refractivity contribution in [2.75, 3.05) is 0 Å². The number of ether oxygens (including phenoxy) is 1. The van der Waals surface area contributed by atoms with Gasteiger partial charge in [-0.15, -0.1) is 0 Å². The number of thioether (sulfide) groups is 1. The lowest BCUT2D eigenvalue weighted by Crippen LogP contribution is -2.44. The number of carbonyl (C=O) groups excluding carboxylic acids is 1. The second kappa shape index (κ2) is 4.97. The number of thiazole rings is 1. The minimum absolute atomic E-state index is 0.250. The topological polar surface area (TPSA) is 96.5 Å². The molecule has 23 heavy (non-hydrogen) atoms. The number of rotatable bonds is 1. The molecule has 0 unspecified atom stereocenters. The van der Waals surface area contributed by atoms with Gasteiger partial charge < -0.3 is 14.8 Å². The lowest BCUT2D eigenvalue weighted by atomic mass is 9.79. The molecule has 1 aromatic heterocycles. The zero-order valence-electron chi connectivity index (χ0n) is 11.9. The summed E-state index contributed by atoms with van der Waals surface area (Å²) in [6.07, 6.45) is 0. The monoisotopic (exact) mass is 349 g/mol. The zero-order chi connectivity index (χ0) is 16.3. The molecule has 0 spiro atoms. The lowest BCUT2D eigenvalue weighted by molar-refractivity contribution is -0.147. The molecule has 118 valence electrons. The number of hydrogen-bond acceptors (Lipinski definition) is 6. The molecule has 2 aromatic rings. The fourth-order valence-electron chi connectivity index (χ4n) is 3.14. The fourth-order valence-corrected chi connectivity index (χ4v) is 5.53. The third-order valence-electron chi connectivity index (χ3n) is 4.08. The molecule has 6 nitrogen and oxygen atoms in total. The molecule has 0 saturated heterocycles. The van der Waals surface area contributed by atoms with E-state index in [2.05, 4.69) is 4.98 Å². The smallest absolute Gasteiger partial charge is 0.317 e. The Morgan fingerprint density at radius 2 is 2.13 bits per heavy atom. The number of benzene rings is 1. The fraction of sp³-hybridized carbons (Fsp3) is 0.267. The summed E-state index contributed by atoms with van der Waals surface area (Å²) < 4.78 is 5.36. The maximum atomic E-state index is 12.4. The number of esters is 1. The Morgan fingerprint density at radius 3 is 2.87 bits per heavy atom. The van der Waals surface area contributed by atoms with Crippen LogP contribution in [-0.4, -0.2) is 27.3 Å². The molecule has 2 aliphatic heterocycles. The molecule has 0 aliphatic carbocycles. The van der Waals surface area contributed by atoms with Gasteiger partial charge in [-0.2, -0.15) is 0 Å². The van der Waals surface area contributed by atoms with E-state index in [1.807, 2.05) is 19.1 Å². The van der Waals surface area contributed by atoms with E-state index >= 15 is 0 Å². The van der Waals surface area contributed by atoms with Crippen molar-refractivity contribution >= 4 is 35.0 Å². The highest BCUT2D eigenvalue weighted by molar-refractivity contribution is 8.00. The Balaban J connectivity index is 2.00. The standard InChI is InChI=1S/C15H11NO5S2/c1-5-2-3-7-6(4-5)8-9(14(19)21-7)11(13(17)18)22-12-10(8)23-15(20)16-12/h2-4,8-9,11H,1H3,(H,16,20)(H,17,18)/t8-,9-,11+/m0/s1. The van der Waals surface area contributed by atoms with Gasteiger partial charge >= 0.3 is 16.8 Å². The maximum absolute atomic E-state index is 12.4. The molecule has 1 aromatic carbocycles. The van der Waals surface area contributed by atoms with Crippen molar-refractivity contribution in [3.05, 3.63) is 43.9 Å². The average Bonchev–Trinajstić information content (AvgIpc) is 2.86. The number of aromatic nitrogens is 1. The molecule has 0 radical (unpaired) electrons. The SMILES string of the molecule is Cc1ccc2c(c1)[C@@H]1c3sc(=O)[nH]c3S[C@@H](C(=O)O)[C@H]1C(=O)O2. The van der Waals surface area contributed by atoms with Crippen LogP contribution in [0.1, 0.15) is 21.9 Å². The van der Waals surface area contributed by atoms with Gasteiger partial charge in [-0.25, -0.2) is 0 Å². The van der Waals surface area contributed by atoms with Crippen LogP contribution in [0.2, 0.25) is 0 Å². The Labute approximate surface area is 138 Å². The van der Waals surface area contributed by atoms with Gasteiger partial charge in [-0.05, 0) is 13.0 Å². The summed E-state index contributed by atoms with van der Waals surface area (Å²) in [6.45, 7) is 1.92. The number of carboxylic acids is 1. The highest BCUT2D eigenvalue weighted by Crippen LogP contribution is 2.53. The van der Waals surface area contributed by atoms with Gasteiger partial charge in [0.1, 0.15) is 11.0 Å². The van der Waals surface area contributed by atoms with Crippen molar-refractivity contribution in [2.45, 2.75) is 23.1 Å². The van der Waals surface area contributed by atoms with E-state index in [-0.39, 0.29) is 4.87 Å². The predicted octanol–water partition coefficient (Wildman–Crippen LogP) is 1.97. The molecule has 2 N–H and O–H groups in total. The molecule has 0 amide bonds. The van der Waals surface area contributed by atoms with Crippen LogP contribution in [0.4, 0.5) is 0 Å². The molecule has 0 bridgehead atoms. The van der Waals surface area contributed by atoms with E-state index in [9.17, 15) is 19.5 Å². The van der Waals surface area contributed by atoms with Crippen LogP contribution in [-0.2, 0) is 9.59 Å². The summed E-state index contributed by atoms with van der Waals surface area (Å²) in [7, 11) is 0. The van der Waals surface area contributed by atoms with E-state index in [0.29, 0.717) is 15.7 Å². The largest absolute Gasteiger partial charge is 0.480 e. The Morgan fingerprint density at radius 1 is 1.35 bits per heavy atom. The molecule has 3 heterocycles. The summed E-state index contributed by atoms with van der Waals surface area (Å²) >= 11 is 2.04. The molecular formula is C15H11NO5S2. The van der Waals surface area contributed by atoms with Crippen molar-refractivity contribution in [1.82, 2.24) is 4.98 Å². The number of carbonyl (C=O) groups is 2. The molecule has 4 rings (SSSR count). The summed E-state index contributed by atoms with van der Waals surface area (Å²) in [5.74, 6) is -2.52. The highest BCUT2D eigenvalue weighted by Gasteiger charge is 2.51. The molecule has 0 fully saturated rings. The first-order valence-corrected chi connectivity index (χ1v) is 8.60. The van der Waals surface area contributed by atoms with E-state index in [0.717, 1.165) is 34.2 Å². The first-order chi connectivity index (χ1) is 11.0. The Kier molecular flexibility index (Phi) is 3.14. The van der Waals surface area contributed by atoms with Crippen molar-refractivity contribution in [2.24, 2.45) is 5.92 Å². The summed E-state index contributed by atoms with van der Waals surface area (Å²) in [5.41, 5.74) is 1.74. The number of aliphatic carboxylic acids is 1. The zero-order valence-corrected chi connectivity index (χ0v) is 13.5. The van der Waals surface area contributed by atoms with Crippen LogP contribution in [0.25, 0.3) is 0 Å². The Hall–Kier alpha value is -2.06. The summed E-state index contributed by atoms with van der Waals surface area (Å²) in [6, 6.07) is 5.44. The number of H-pyrrole nitrogens is 1. The van der Waals surface area contributed by atoms with E-state index in [1.54, 1.807) is 6.07 Å². The van der Waals surface area contributed by atoms with Crippen molar-refractivity contribution < 1.29 is 19.4 Å². The summed E-state index contributed by atoms with van der Waals surface area (Å²) in [4.78, 5) is 39.0. The minimum Gasteiger partial charge on any atom is -0.480 e. The number of fused-ring (bicyclic) bond motifs is 5. The number of aryl methyl sites for hydroxylation is 1. The first-order valence-electron chi connectivity index (χ1n) is 6.90. The maximum Gasteiger partial charge on any atom is 0.317 e. The van der Waals surface area contributed by atoms with Gasteiger partial charge in [0.2, 0.25) is 0 Å². The van der Waals surface area contributed by atoms with Gasteiger partial charge in [-0.3, -0.25) is 14.4 Å². The number of nitrogens with one attached hydrogen (secondary N) is 1. The van der Waals surface area contributed by atoms with Crippen molar-refractivity contribution in [3.63, 3.8) is 0 Å². The van der Waals surface area contributed by atoms with Crippen LogP contribution in [0.3, 0.4) is 0 Å². The van der Waals surface area contributed by atoms with E-state index in [1.165, 1.54) is 0 Å². The molecule has 8 heteroatoms. The molecule has 2 aliphatic rings. The summed E-state index contributed by atoms with van der Waals surface area (Å²) in [5, 5.41) is 9.06. The minimum atomic E-state index is -1.09. The van der Waals surface area contributed by atoms with Crippen LogP contribution >= 0.6 is 23.1 Å². The van der Waals surface area contributed by atoms with Gasteiger partial charge in [0, 0.05) is 16.4 Å². The Bertz CT molecular complexity index is 900. The number of hydrogen-bond donors (Lipinski definition) is 2. The quantitative estimate of drug-likeness (QED) is 0.604. The molecular weight excluding hydrogens is 338 g/mol. The van der Waals surface area contributed by atoms with Crippen LogP contribution < -0.4 is 9.61 Å². The van der Waals surface area contributed by atoms with Gasteiger partial charge in [0.05, 0.1) is 10.9 Å².